The van der Waals surface area contributed by atoms with Crippen LogP contribution in [0.4, 0.5) is 0 Å². The van der Waals surface area contributed by atoms with Crippen LogP contribution in [0, 0.1) is 0 Å². The van der Waals surface area contributed by atoms with Gasteiger partial charge in [0.05, 0.1) is 0 Å². The summed E-state index contributed by atoms with van der Waals surface area (Å²) in [7, 11) is 0. The lowest BCUT2D eigenvalue weighted by molar-refractivity contribution is -0.143. The standard InChI is InChI=1S/C19H26N2O2/c22-18(12-6-10-16-8-2-1-3-9-16)21-15-7-11-17(21)19(23)20-13-4-5-14-20/h1-3,8-9,17H,4-7,10-15H2. The summed E-state index contributed by atoms with van der Waals surface area (Å²) in [6.45, 7) is 2.48. The predicted molar refractivity (Wildman–Crippen MR) is 89.9 cm³/mol. The minimum absolute atomic E-state index is 0.149. The Hall–Kier alpha value is -1.84. The van der Waals surface area contributed by atoms with Crippen LogP contribution in [0.25, 0.3) is 0 Å². The van der Waals surface area contributed by atoms with E-state index in [1.165, 1.54) is 5.56 Å². The van der Waals surface area contributed by atoms with Crippen molar-refractivity contribution in [3.63, 3.8) is 0 Å². The minimum Gasteiger partial charge on any atom is -0.341 e. The average molecular weight is 314 g/mol. The lowest BCUT2D eigenvalue weighted by atomic mass is 10.1. The fourth-order valence-corrected chi connectivity index (χ4v) is 3.70. The van der Waals surface area contributed by atoms with E-state index in [9.17, 15) is 9.59 Å². The smallest absolute Gasteiger partial charge is 0.245 e. The highest BCUT2D eigenvalue weighted by atomic mass is 16.2. The van der Waals surface area contributed by atoms with Crippen LogP contribution in [0.1, 0.15) is 44.1 Å². The molecule has 0 saturated carbocycles. The predicted octanol–water partition coefficient (Wildman–Crippen LogP) is 2.62. The van der Waals surface area contributed by atoms with Gasteiger partial charge < -0.3 is 9.80 Å². The van der Waals surface area contributed by atoms with Gasteiger partial charge in [0.15, 0.2) is 0 Å². The van der Waals surface area contributed by atoms with E-state index < -0.39 is 0 Å². The summed E-state index contributed by atoms with van der Waals surface area (Å²) >= 11 is 0. The number of rotatable bonds is 5. The second-order valence-electron chi connectivity index (χ2n) is 6.62. The summed E-state index contributed by atoms with van der Waals surface area (Å²) in [5.74, 6) is 0.326. The number of amides is 2. The van der Waals surface area contributed by atoms with Crippen LogP contribution in [0.2, 0.25) is 0 Å². The number of aryl methyl sites for hydroxylation is 1. The molecule has 2 saturated heterocycles. The molecule has 0 aliphatic carbocycles. The number of nitrogens with zero attached hydrogens (tertiary/aromatic N) is 2. The number of carbonyl (C=O) groups is 2. The Balaban J connectivity index is 1.50. The quantitative estimate of drug-likeness (QED) is 0.838. The lowest BCUT2D eigenvalue weighted by Crippen LogP contribution is -2.46. The first-order valence-corrected chi connectivity index (χ1v) is 8.88. The van der Waals surface area contributed by atoms with Crippen molar-refractivity contribution in [2.24, 2.45) is 0 Å². The zero-order chi connectivity index (χ0) is 16.1. The third-order valence-corrected chi connectivity index (χ3v) is 4.97. The molecule has 1 aromatic rings. The molecule has 2 aliphatic heterocycles. The summed E-state index contributed by atoms with van der Waals surface area (Å²) in [6, 6.07) is 10.1. The number of carbonyl (C=O) groups excluding carboxylic acids is 2. The molecular formula is C19H26N2O2. The van der Waals surface area contributed by atoms with Crippen LogP contribution in [-0.2, 0) is 16.0 Å². The van der Waals surface area contributed by atoms with Gasteiger partial charge in [0.2, 0.25) is 11.8 Å². The van der Waals surface area contributed by atoms with Crippen LogP contribution >= 0.6 is 0 Å². The summed E-state index contributed by atoms with van der Waals surface area (Å²) in [5, 5.41) is 0. The van der Waals surface area contributed by atoms with Crippen molar-refractivity contribution >= 4 is 11.8 Å². The highest BCUT2D eigenvalue weighted by Crippen LogP contribution is 2.23. The van der Waals surface area contributed by atoms with Crippen molar-refractivity contribution < 1.29 is 9.59 Å². The Kier molecular flexibility index (Phi) is 5.31. The molecule has 2 aliphatic rings. The van der Waals surface area contributed by atoms with Gasteiger partial charge in [0.1, 0.15) is 6.04 Å². The van der Waals surface area contributed by atoms with Gasteiger partial charge in [-0.05, 0) is 44.1 Å². The molecule has 1 aromatic carbocycles. The van der Waals surface area contributed by atoms with E-state index in [0.29, 0.717) is 6.42 Å². The summed E-state index contributed by atoms with van der Waals surface area (Å²) in [6.07, 6.45) is 6.30. The molecule has 2 heterocycles. The molecule has 0 bridgehead atoms. The number of hydrogen-bond donors (Lipinski definition) is 0. The summed E-state index contributed by atoms with van der Waals surface area (Å²) in [5.41, 5.74) is 1.27. The summed E-state index contributed by atoms with van der Waals surface area (Å²) < 4.78 is 0. The van der Waals surface area contributed by atoms with Gasteiger partial charge in [-0.1, -0.05) is 30.3 Å². The second-order valence-corrected chi connectivity index (χ2v) is 6.62. The van der Waals surface area contributed by atoms with Gasteiger partial charge in [-0.3, -0.25) is 9.59 Å². The normalized spacial score (nSPS) is 21.0. The molecular weight excluding hydrogens is 288 g/mol. The fourth-order valence-electron chi connectivity index (χ4n) is 3.70. The molecule has 2 fully saturated rings. The molecule has 1 unspecified atom stereocenters. The topological polar surface area (TPSA) is 40.6 Å². The van der Waals surface area contributed by atoms with Crippen molar-refractivity contribution in [2.75, 3.05) is 19.6 Å². The first kappa shape index (κ1) is 16.0. The molecule has 0 radical (unpaired) electrons. The third kappa shape index (κ3) is 3.92. The average Bonchev–Trinajstić information content (AvgIpc) is 3.27. The number of likely N-dealkylation sites (tertiary alicyclic amines) is 2. The molecule has 4 heteroatoms. The maximum Gasteiger partial charge on any atom is 0.245 e. The summed E-state index contributed by atoms with van der Waals surface area (Å²) in [4.78, 5) is 28.9. The van der Waals surface area contributed by atoms with Crippen molar-refractivity contribution in [3.05, 3.63) is 35.9 Å². The molecule has 4 nitrogen and oxygen atoms in total. The number of hydrogen-bond acceptors (Lipinski definition) is 2. The van der Waals surface area contributed by atoms with Gasteiger partial charge in [-0.15, -0.1) is 0 Å². The molecule has 124 valence electrons. The zero-order valence-corrected chi connectivity index (χ0v) is 13.7. The Bertz CT molecular complexity index is 538. The third-order valence-electron chi connectivity index (χ3n) is 4.97. The van der Waals surface area contributed by atoms with E-state index in [-0.39, 0.29) is 17.9 Å². The van der Waals surface area contributed by atoms with E-state index in [1.54, 1.807) is 0 Å². The van der Waals surface area contributed by atoms with Gasteiger partial charge in [0.25, 0.3) is 0 Å². The Labute approximate surface area is 138 Å². The fraction of sp³-hybridized carbons (Fsp3) is 0.579. The Morgan fingerprint density at radius 1 is 1.00 bits per heavy atom. The van der Waals surface area contributed by atoms with E-state index in [2.05, 4.69) is 12.1 Å². The van der Waals surface area contributed by atoms with Crippen molar-refractivity contribution in [3.8, 4) is 0 Å². The Morgan fingerprint density at radius 3 is 2.48 bits per heavy atom. The number of benzene rings is 1. The maximum absolute atomic E-state index is 12.6. The monoisotopic (exact) mass is 314 g/mol. The van der Waals surface area contributed by atoms with Crippen LogP contribution in [0.15, 0.2) is 30.3 Å². The SMILES string of the molecule is O=C(C1CCCN1C(=O)CCCc1ccccc1)N1CCCC1. The minimum atomic E-state index is -0.197. The molecule has 3 rings (SSSR count). The van der Waals surface area contributed by atoms with Crippen molar-refractivity contribution in [2.45, 2.75) is 51.0 Å². The lowest BCUT2D eigenvalue weighted by Gasteiger charge is -2.27. The highest BCUT2D eigenvalue weighted by molar-refractivity contribution is 5.88. The van der Waals surface area contributed by atoms with Crippen molar-refractivity contribution in [1.82, 2.24) is 9.80 Å². The molecule has 0 aromatic heterocycles. The van der Waals surface area contributed by atoms with Gasteiger partial charge >= 0.3 is 0 Å². The van der Waals surface area contributed by atoms with Crippen LogP contribution in [0.5, 0.6) is 0 Å². The van der Waals surface area contributed by atoms with Crippen molar-refractivity contribution in [1.29, 1.82) is 0 Å². The molecule has 1 atom stereocenters. The zero-order valence-electron chi connectivity index (χ0n) is 13.7. The molecule has 2 amide bonds. The maximum atomic E-state index is 12.6. The van der Waals surface area contributed by atoms with Crippen LogP contribution < -0.4 is 0 Å². The van der Waals surface area contributed by atoms with E-state index in [1.807, 2.05) is 28.0 Å². The highest BCUT2D eigenvalue weighted by Gasteiger charge is 2.36. The van der Waals surface area contributed by atoms with E-state index in [0.717, 1.165) is 58.2 Å². The molecule has 0 spiro atoms. The van der Waals surface area contributed by atoms with Crippen LogP contribution in [-0.4, -0.2) is 47.3 Å². The van der Waals surface area contributed by atoms with Gasteiger partial charge in [-0.25, -0.2) is 0 Å². The van der Waals surface area contributed by atoms with Gasteiger partial charge in [0, 0.05) is 26.1 Å². The molecule has 0 N–H and O–H groups in total. The first-order valence-electron chi connectivity index (χ1n) is 8.88. The second kappa shape index (κ2) is 7.62. The van der Waals surface area contributed by atoms with E-state index in [4.69, 9.17) is 0 Å². The Morgan fingerprint density at radius 2 is 1.74 bits per heavy atom. The first-order chi connectivity index (χ1) is 11.3. The van der Waals surface area contributed by atoms with E-state index >= 15 is 0 Å². The molecule has 23 heavy (non-hydrogen) atoms. The van der Waals surface area contributed by atoms with Crippen LogP contribution in [0.3, 0.4) is 0 Å². The largest absolute Gasteiger partial charge is 0.341 e. The van der Waals surface area contributed by atoms with Gasteiger partial charge in [-0.2, -0.15) is 0 Å².